The zero-order chi connectivity index (χ0) is 12.3. The number of nitrogens with one attached hydrogen (secondary N) is 1. The Kier molecular flexibility index (Phi) is 3.39. The topological polar surface area (TPSA) is 72.0 Å². The van der Waals surface area contributed by atoms with E-state index in [0.29, 0.717) is 0 Å². The van der Waals surface area contributed by atoms with Gasteiger partial charge < -0.3 is 0 Å². The highest BCUT2D eigenvalue weighted by Gasteiger charge is 2.14. The van der Waals surface area contributed by atoms with E-state index in [1.165, 1.54) is 30.7 Å². The summed E-state index contributed by atoms with van der Waals surface area (Å²) in [7, 11) is -3.59. The molecule has 0 radical (unpaired) electrons. The number of halogens is 1. The molecule has 0 aliphatic carbocycles. The third kappa shape index (κ3) is 3.01. The third-order valence-corrected chi connectivity index (χ3v) is 3.84. The van der Waals surface area contributed by atoms with Gasteiger partial charge in [0.05, 0.1) is 4.90 Å². The number of rotatable bonds is 3. The summed E-state index contributed by atoms with van der Waals surface area (Å²) in [6.45, 7) is 0. The van der Waals surface area contributed by atoms with Gasteiger partial charge in [-0.3, -0.25) is 4.72 Å². The number of hydrogen-bond donors (Lipinski definition) is 1. The molecule has 88 valence electrons. The summed E-state index contributed by atoms with van der Waals surface area (Å²) >= 11 is 3.24. The van der Waals surface area contributed by atoms with Gasteiger partial charge >= 0.3 is 0 Å². The average molecular weight is 314 g/mol. The van der Waals surface area contributed by atoms with E-state index in [9.17, 15) is 8.42 Å². The van der Waals surface area contributed by atoms with E-state index in [0.717, 1.165) is 4.47 Å². The lowest BCUT2D eigenvalue weighted by Crippen LogP contribution is -2.13. The highest BCUT2D eigenvalue weighted by atomic mass is 79.9. The van der Waals surface area contributed by atoms with Crippen molar-refractivity contribution in [1.29, 1.82) is 0 Å². The second-order valence-corrected chi connectivity index (χ2v) is 5.75. The van der Waals surface area contributed by atoms with Crippen molar-refractivity contribution in [3.05, 3.63) is 47.3 Å². The van der Waals surface area contributed by atoms with Crippen LogP contribution in [0, 0.1) is 0 Å². The molecule has 0 saturated carbocycles. The van der Waals surface area contributed by atoms with E-state index in [-0.39, 0.29) is 10.7 Å². The summed E-state index contributed by atoms with van der Waals surface area (Å²) in [5.74, 6) is 0.239. The van der Waals surface area contributed by atoms with Gasteiger partial charge in [-0.05, 0) is 30.3 Å². The monoisotopic (exact) mass is 313 g/mol. The van der Waals surface area contributed by atoms with Crippen molar-refractivity contribution >= 4 is 31.8 Å². The van der Waals surface area contributed by atoms with Crippen LogP contribution in [0.1, 0.15) is 0 Å². The molecule has 0 aliphatic rings. The first kappa shape index (κ1) is 12.0. The van der Waals surface area contributed by atoms with Crippen molar-refractivity contribution in [3.63, 3.8) is 0 Å². The molecule has 0 unspecified atom stereocenters. The quantitative estimate of drug-likeness (QED) is 0.941. The summed E-state index contributed by atoms with van der Waals surface area (Å²) < 4.78 is 27.0. The molecular formula is C10H8BrN3O2S. The Morgan fingerprint density at radius 2 is 1.82 bits per heavy atom. The van der Waals surface area contributed by atoms with Crippen LogP contribution in [0.25, 0.3) is 0 Å². The zero-order valence-electron chi connectivity index (χ0n) is 8.54. The maximum atomic E-state index is 11.9. The van der Waals surface area contributed by atoms with E-state index in [2.05, 4.69) is 30.6 Å². The fourth-order valence-corrected chi connectivity index (χ4v) is 2.43. The smallest absolute Gasteiger partial charge is 0.263 e. The molecule has 0 aliphatic heterocycles. The first-order chi connectivity index (χ1) is 8.08. The molecule has 1 aromatic carbocycles. The van der Waals surface area contributed by atoms with Crippen molar-refractivity contribution in [2.24, 2.45) is 0 Å². The summed E-state index contributed by atoms with van der Waals surface area (Å²) in [6.07, 6.45) is 2.74. The lowest BCUT2D eigenvalue weighted by Gasteiger charge is -2.06. The van der Waals surface area contributed by atoms with Crippen LogP contribution >= 0.6 is 15.9 Å². The Hall–Kier alpha value is -1.47. The number of anilines is 1. The molecule has 17 heavy (non-hydrogen) atoms. The van der Waals surface area contributed by atoms with Crippen molar-refractivity contribution in [1.82, 2.24) is 9.97 Å². The first-order valence-electron chi connectivity index (χ1n) is 4.62. The molecule has 1 heterocycles. The molecule has 2 rings (SSSR count). The third-order valence-electron chi connectivity index (χ3n) is 1.94. The molecule has 0 saturated heterocycles. The van der Waals surface area contributed by atoms with Crippen LogP contribution in [0.15, 0.2) is 52.2 Å². The number of aromatic nitrogens is 2. The molecule has 0 amide bonds. The SMILES string of the molecule is O=S(=O)(Nc1ccncn1)c1ccc(Br)cc1. The number of hydrogen-bond acceptors (Lipinski definition) is 4. The van der Waals surface area contributed by atoms with E-state index in [4.69, 9.17) is 0 Å². The van der Waals surface area contributed by atoms with Crippen molar-refractivity contribution in [3.8, 4) is 0 Å². The van der Waals surface area contributed by atoms with Gasteiger partial charge in [0, 0.05) is 10.7 Å². The minimum Gasteiger partial charge on any atom is -0.263 e. The second-order valence-electron chi connectivity index (χ2n) is 3.15. The van der Waals surface area contributed by atoms with Crippen LogP contribution in [0.5, 0.6) is 0 Å². The predicted octanol–water partition coefficient (Wildman–Crippen LogP) is 2.04. The summed E-state index contributed by atoms with van der Waals surface area (Å²) in [4.78, 5) is 7.68. The fourth-order valence-electron chi connectivity index (χ4n) is 1.16. The lowest BCUT2D eigenvalue weighted by atomic mass is 10.4. The van der Waals surface area contributed by atoms with E-state index in [1.54, 1.807) is 12.1 Å². The molecule has 0 bridgehead atoms. The van der Waals surface area contributed by atoms with Crippen LogP contribution < -0.4 is 4.72 Å². The van der Waals surface area contributed by atoms with Crippen LogP contribution in [0.2, 0.25) is 0 Å². The Morgan fingerprint density at radius 3 is 2.41 bits per heavy atom. The summed E-state index contributed by atoms with van der Waals surface area (Å²) in [5, 5.41) is 0. The molecule has 0 fully saturated rings. The molecule has 7 heteroatoms. The van der Waals surface area contributed by atoms with Crippen molar-refractivity contribution in [2.45, 2.75) is 4.90 Å². The van der Waals surface area contributed by atoms with Gasteiger partial charge in [0.2, 0.25) is 0 Å². The van der Waals surface area contributed by atoms with E-state index in [1.807, 2.05) is 0 Å². The maximum absolute atomic E-state index is 11.9. The Balaban J connectivity index is 2.29. The van der Waals surface area contributed by atoms with E-state index >= 15 is 0 Å². The number of benzene rings is 1. The minimum absolute atomic E-state index is 0.180. The molecule has 5 nitrogen and oxygen atoms in total. The number of sulfonamides is 1. The van der Waals surface area contributed by atoms with Crippen LogP contribution in [0.4, 0.5) is 5.82 Å². The first-order valence-corrected chi connectivity index (χ1v) is 6.90. The lowest BCUT2D eigenvalue weighted by molar-refractivity contribution is 0.601. The Morgan fingerprint density at radius 1 is 1.12 bits per heavy atom. The van der Waals surface area contributed by atoms with Crippen LogP contribution in [0.3, 0.4) is 0 Å². The highest BCUT2D eigenvalue weighted by Crippen LogP contribution is 2.16. The zero-order valence-corrected chi connectivity index (χ0v) is 10.9. The van der Waals surface area contributed by atoms with Gasteiger partial charge in [0.1, 0.15) is 12.1 Å². The van der Waals surface area contributed by atoms with Gasteiger partial charge in [-0.2, -0.15) is 0 Å². The van der Waals surface area contributed by atoms with Gasteiger partial charge in [0.15, 0.2) is 0 Å². The minimum atomic E-state index is -3.59. The fraction of sp³-hybridized carbons (Fsp3) is 0. The number of nitrogens with zero attached hydrogens (tertiary/aromatic N) is 2. The van der Waals surface area contributed by atoms with Gasteiger partial charge in [-0.25, -0.2) is 18.4 Å². The molecular weight excluding hydrogens is 306 g/mol. The highest BCUT2D eigenvalue weighted by molar-refractivity contribution is 9.10. The predicted molar refractivity (Wildman–Crippen MR) is 67.0 cm³/mol. The average Bonchev–Trinajstić information content (AvgIpc) is 2.30. The Labute approximate surface area is 107 Å². The molecule has 1 N–H and O–H groups in total. The van der Waals surface area contributed by atoms with Crippen LogP contribution in [-0.4, -0.2) is 18.4 Å². The van der Waals surface area contributed by atoms with E-state index < -0.39 is 10.0 Å². The molecule has 2 aromatic rings. The van der Waals surface area contributed by atoms with Gasteiger partial charge in [0.25, 0.3) is 10.0 Å². The van der Waals surface area contributed by atoms with Gasteiger partial charge in [-0.1, -0.05) is 15.9 Å². The normalized spacial score (nSPS) is 11.1. The van der Waals surface area contributed by atoms with Crippen molar-refractivity contribution < 1.29 is 8.42 Å². The van der Waals surface area contributed by atoms with Gasteiger partial charge in [-0.15, -0.1) is 0 Å². The standard InChI is InChI=1S/C10H8BrN3O2S/c11-8-1-3-9(4-2-8)17(15,16)14-10-5-6-12-7-13-10/h1-7H,(H,12,13,14). The Bertz CT molecular complexity index is 599. The summed E-state index contributed by atoms with van der Waals surface area (Å²) in [5.41, 5.74) is 0. The van der Waals surface area contributed by atoms with Crippen LogP contribution in [-0.2, 0) is 10.0 Å². The summed E-state index contributed by atoms with van der Waals surface area (Å²) in [6, 6.07) is 7.82. The molecule has 1 aromatic heterocycles. The van der Waals surface area contributed by atoms with Crippen molar-refractivity contribution in [2.75, 3.05) is 4.72 Å². The second kappa shape index (κ2) is 4.80. The maximum Gasteiger partial charge on any atom is 0.263 e. The molecule has 0 atom stereocenters. The molecule has 0 spiro atoms. The largest absolute Gasteiger partial charge is 0.263 e.